The molecule has 0 bridgehead atoms. The van der Waals surface area contributed by atoms with Crippen LogP contribution >= 0.6 is 0 Å². The van der Waals surface area contributed by atoms with Gasteiger partial charge < -0.3 is 20.4 Å². The number of likely N-dealkylation sites (N-methyl/N-ethyl adjacent to an activating group) is 1. The Morgan fingerprint density at radius 3 is 2.04 bits per heavy atom. The zero-order chi connectivity index (χ0) is 18.9. The molecule has 0 aromatic carbocycles. The first kappa shape index (κ1) is 19.7. The first-order valence-corrected chi connectivity index (χ1v) is 9.13. The predicted octanol–water partition coefficient (Wildman–Crippen LogP) is 0.347. The van der Waals surface area contributed by atoms with Gasteiger partial charge in [0.2, 0.25) is 17.7 Å². The molecule has 0 saturated carbocycles. The molecule has 7 nitrogen and oxygen atoms in total. The molecule has 2 saturated heterocycles. The Bertz CT molecular complexity index is 543. The molecule has 25 heavy (non-hydrogen) atoms. The number of fused-ring (bicyclic) bond motifs is 1. The van der Waals surface area contributed by atoms with E-state index in [-0.39, 0.29) is 35.8 Å². The number of carbonyl (C=O) groups is 3. The van der Waals surface area contributed by atoms with E-state index < -0.39 is 11.5 Å². The summed E-state index contributed by atoms with van der Waals surface area (Å²) in [4.78, 5) is 41.1. The molecule has 7 heteroatoms. The Balaban J connectivity index is 2.15. The van der Waals surface area contributed by atoms with Crippen molar-refractivity contribution in [3.63, 3.8) is 0 Å². The first-order chi connectivity index (χ1) is 11.6. The minimum absolute atomic E-state index is 0.0398. The average Bonchev–Trinajstić information content (AvgIpc) is 3.10. The Hall–Kier alpha value is -1.63. The summed E-state index contributed by atoms with van der Waals surface area (Å²) in [6.07, 6.45) is 1.63. The van der Waals surface area contributed by atoms with Gasteiger partial charge in [-0.1, -0.05) is 20.8 Å². The molecule has 142 valence electrons. The van der Waals surface area contributed by atoms with Crippen molar-refractivity contribution in [1.29, 1.82) is 0 Å². The standard InChI is InChI=1S/C18H32N4O3/c1-11(19-6)16(24)20-15(18(3,4)5)17(25)22-10-8-13-14(22)7-9-21(13)12(2)23/h11,13-15,19H,7-10H2,1-6H3,(H,20,24)/t11-,13?,14?,15?/m0/s1. The van der Waals surface area contributed by atoms with Crippen molar-refractivity contribution in [3.05, 3.63) is 0 Å². The lowest BCUT2D eigenvalue weighted by atomic mass is 9.85. The second-order valence-electron chi connectivity index (χ2n) is 8.27. The van der Waals surface area contributed by atoms with Gasteiger partial charge >= 0.3 is 0 Å². The first-order valence-electron chi connectivity index (χ1n) is 9.13. The Morgan fingerprint density at radius 1 is 1.04 bits per heavy atom. The van der Waals surface area contributed by atoms with Gasteiger partial charge in [-0.05, 0) is 32.2 Å². The van der Waals surface area contributed by atoms with Gasteiger partial charge in [0.15, 0.2) is 0 Å². The molecular formula is C18H32N4O3. The summed E-state index contributed by atoms with van der Waals surface area (Å²) in [7, 11) is 1.72. The molecule has 0 spiro atoms. The van der Waals surface area contributed by atoms with E-state index in [1.54, 1.807) is 20.9 Å². The number of carbonyl (C=O) groups excluding carboxylic acids is 3. The van der Waals surface area contributed by atoms with Crippen molar-refractivity contribution in [1.82, 2.24) is 20.4 Å². The molecule has 2 fully saturated rings. The quantitative estimate of drug-likeness (QED) is 0.765. The van der Waals surface area contributed by atoms with Crippen molar-refractivity contribution < 1.29 is 14.4 Å². The van der Waals surface area contributed by atoms with Crippen molar-refractivity contribution in [2.75, 3.05) is 20.1 Å². The topological polar surface area (TPSA) is 81.8 Å². The molecule has 2 rings (SSSR count). The van der Waals surface area contributed by atoms with Gasteiger partial charge in [-0.15, -0.1) is 0 Å². The van der Waals surface area contributed by atoms with Gasteiger partial charge in [-0.3, -0.25) is 14.4 Å². The smallest absolute Gasteiger partial charge is 0.246 e. The van der Waals surface area contributed by atoms with Gasteiger partial charge in [0.05, 0.1) is 18.1 Å². The molecule has 0 radical (unpaired) electrons. The van der Waals surface area contributed by atoms with E-state index in [0.29, 0.717) is 13.1 Å². The van der Waals surface area contributed by atoms with Crippen LogP contribution in [0.3, 0.4) is 0 Å². The van der Waals surface area contributed by atoms with Crippen LogP contribution < -0.4 is 10.6 Å². The van der Waals surface area contributed by atoms with Crippen LogP contribution in [0, 0.1) is 5.41 Å². The van der Waals surface area contributed by atoms with E-state index >= 15 is 0 Å². The van der Waals surface area contributed by atoms with Crippen molar-refractivity contribution in [2.24, 2.45) is 5.41 Å². The fourth-order valence-electron chi connectivity index (χ4n) is 3.86. The molecule has 4 atom stereocenters. The third kappa shape index (κ3) is 3.97. The van der Waals surface area contributed by atoms with Crippen molar-refractivity contribution in [2.45, 2.75) is 71.6 Å². The molecule has 2 N–H and O–H groups in total. The lowest BCUT2D eigenvalue weighted by Crippen LogP contribution is -2.58. The second-order valence-corrected chi connectivity index (χ2v) is 8.27. The molecule has 0 aliphatic carbocycles. The monoisotopic (exact) mass is 352 g/mol. The second kappa shape index (κ2) is 7.32. The Labute approximate surface area is 150 Å². The van der Waals surface area contributed by atoms with Gasteiger partial charge in [0, 0.05) is 20.0 Å². The summed E-state index contributed by atoms with van der Waals surface area (Å²) >= 11 is 0. The average molecular weight is 352 g/mol. The molecule has 3 unspecified atom stereocenters. The maximum absolute atomic E-state index is 13.2. The normalized spacial score (nSPS) is 25.5. The summed E-state index contributed by atoms with van der Waals surface area (Å²) in [6.45, 7) is 10.6. The minimum atomic E-state index is -0.582. The highest BCUT2D eigenvalue weighted by Crippen LogP contribution is 2.33. The van der Waals surface area contributed by atoms with Gasteiger partial charge in [-0.2, -0.15) is 0 Å². The summed E-state index contributed by atoms with van der Waals surface area (Å²) in [5.41, 5.74) is -0.392. The lowest BCUT2D eigenvalue weighted by molar-refractivity contribution is -0.140. The molecule has 2 aliphatic rings. The maximum atomic E-state index is 13.2. The van der Waals surface area contributed by atoms with Crippen LogP contribution in [0.2, 0.25) is 0 Å². The van der Waals surface area contributed by atoms with Crippen LogP contribution in [0.1, 0.15) is 47.5 Å². The Morgan fingerprint density at radius 2 is 1.56 bits per heavy atom. The molecule has 2 aliphatic heterocycles. The van der Waals surface area contributed by atoms with E-state index in [9.17, 15) is 14.4 Å². The Kier molecular flexibility index (Phi) is 5.76. The van der Waals surface area contributed by atoms with Crippen molar-refractivity contribution >= 4 is 17.7 Å². The molecule has 0 aromatic rings. The number of rotatable bonds is 4. The van der Waals surface area contributed by atoms with Gasteiger partial charge in [0.1, 0.15) is 6.04 Å². The van der Waals surface area contributed by atoms with E-state index in [4.69, 9.17) is 0 Å². The minimum Gasteiger partial charge on any atom is -0.342 e. The fourth-order valence-corrected chi connectivity index (χ4v) is 3.86. The summed E-state index contributed by atoms with van der Waals surface area (Å²) in [5.74, 6) is -0.143. The molecule has 0 aromatic heterocycles. The summed E-state index contributed by atoms with van der Waals surface area (Å²) < 4.78 is 0. The van der Waals surface area contributed by atoms with Crippen LogP contribution in [-0.2, 0) is 14.4 Å². The maximum Gasteiger partial charge on any atom is 0.246 e. The number of nitrogens with zero attached hydrogens (tertiary/aromatic N) is 2. The van der Waals surface area contributed by atoms with Crippen LogP contribution in [-0.4, -0.2) is 71.8 Å². The summed E-state index contributed by atoms with van der Waals surface area (Å²) in [5, 5.41) is 5.83. The number of amides is 3. The third-order valence-electron chi connectivity index (χ3n) is 5.49. The highest BCUT2D eigenvalue weighted by atomic mass is 16.2. The van der Waals surface area contributed by atoms with Gasteiger partial charge in [0.25, 0.3) is 0 Å². The zero-order valence-electron chi connectivity index (χ0n) is 16.3. The molecule has 2 heterocycles. The van der Waals surface area contributed by atoms with Gasteiger partial charge in [-0.25, -0.2) is 0 Å². The molecular weight excluding hydrogens is 320 g/mol. The number of hydrogen-bond donors (Lipinski definition) is 2. The largest absolute Gasteiger partial charge is 0.342 e. The van der Waals surface area contributed by atoms with E-state index in [1.165, 1.54) is 0 Å². The lowest BCUT2D eigenvalue weighted by Gasteiger charge is -2.36. The fraction of sp³-hybridized carbons (Fsp3) is 0.833. The van der Waals surface area contributed by atoms with Crippen LogP contribution in [0.5, 0.6) is 0 Å². The van der Waals surface area contributed by atoms with Crippen LogP contribution in [0.15, 0.2) is 0 Å². The SMILES string of the molecule is CN[C@@H](C)C(=O)NC(C(=O)N1CCC2C1CCN2C(C)=O)C(C)(C)C. The van der Waals surface area contributed by atoms with E-state index in [2.05, 4.69) is 10.6 Å². The summed E-state index contributed by atoms with van der Waals surface area (Å²) in [6, 6.07) is -0.751. The molecule has 3 amide bonds. The third-order valence-corrected chi connectivity index (χ3v) is 5.49. The number of hydrogen-bond acceptors (Lipinski definition) is 4. The van der Waals surface area contributed by atoms with Crippen LogP contribution in [0.4, 0.5) is 0 Å². The van der Waals surface area contributed by atoms with E-state index in [0.717, 1.165) is 12.8 Å². The highest BCUT2D eigenvalue weighted by Gasteiger charge is 2.48. The van der Waals surface area contributed by atoms with Crippen molar-refractivity contribution in [3.8, 4) is 0 Å². The predicted molar refractivity (Wildman–Crippen MR) is 95.8 cm³/mol. The number of likely N-dealkylation sites (tertiary alicyclic amines) is 2. The zero-order valence-corrected chi connectivity index (χ0v) is 16.3. The highest BCUT2D eigenvalue weighted by molar-refractivity contribution is 5.90. The van der Waals surface area contributed by atoms with Crippen LogP contribution in [0.25, 0.3) is 0 Å². The van der Waals surface area contributed by atoms with E-state index in [1.807, 2.05) is 30.6 Å². The number of nitrogens with one attached hydrogen (secondary N) is 2.